The van der Waals surface area contributed by atoms with Crippen molar-refractivity contribution in [3.8, 4) is 17.2 Å². The first-order chi connectivity index (χ1) is 13.5. The maximum Gasteiger partial charge on any atom is 0.387 e. The van der Waals surface area contributed by atoms with Gasteiger partial charge in [0, 0.05) is 6.07 Å². The number of hydrogen-bond donors (Lipinski definition) is 0. The summed E-state index contributed by atoms with van der Waals surface area (Å²) in [5.41, 5.74) is 1.26. The summed E-state index contributed by atoms with van der Waals surface area (Å²) in [5, 5.41) is 0. The second kappa shape index (κ2) is 7.76. The minimum absolute atomic E-state index is 0.0518. The number of benzene rings is 2. The highest BCUT2D eigenvalue weighted by atomic mass is 32.2. The normalized spacial score (nSPS) is 17.5. The van der Waals surface area contributed by atoms with Gasteiger partial charge in [0.1, 0.15) is 19.0 Å². The Bertz CT molecular complexity index is 963. The molecule has 9 heteroatoms. The molecule has 1 fully saturated rings. The second-order valence-electron chi connectivity index (χ2n) is 5.79. The molecule has 0 unspecified atom stereocenters. The summed E-state index contributed by atoms with van der Waals surface area (Å²) >= 11 is 6.54. The van der Waals surface area contributed by atoms with Gasteiger partial charge in [0.25, 0.3) is 5.91 Å². The number of nitrogens with zero attached hydrogens (tertiary/aromatic N) is 1. The number of carbonyl (C=O) groups excluding carboxylic acids is 1. The molecule has 0 aromatic heterocycles. The molecule has 2 aliphatic rings. The zero-order valence-corrected chi connectivity index (χ0v) is 15.9. The van der Waals surface area contributed by atoms with E-state index in [2.05, 4.69) is 4.74 Å². The molecule has 144 valence electrons. The maximum absolute atomic E-state index is 12.9. The van der Waals surface area contributed by atoms with Crippen LogP contribution in [-0.2, 0) is 4.79 Å². The number of amides is 1. The van der Waals surface area contributed by atoms with E-state index in [1.54, 1.807) is 36.4 Å². The lowest BCUT2D eigenvalue weighted by atomic mass is 10.2. The van der Waals surface area contributed by atoms with Crippen molar-refractivity contribution in [3.05, 3.63) is 52.9 Å². The number of hydrogen-bond acceptors (Lipinski definition) is 6. The highest BCUT2D eigenvalue weighted by Gasteiger charge is 2.34. The number of thiocarbonyl (C=S) groups is 1. The Morgan fingerprint density at radius 3 is 2.54 bits per heavy atom. The van der Waals surface area contributed by atoms with Crippen LogP contribution in [0.3, 0.4) is 0 Å². The number of alkyl halides is 2. The predicted octanol–water partition coefficient (Wildman–Crippen LogP) is 4.47. The SMILES string of the molecule is O=C1/C(=C/c2ccc(OC(F)F)cc2)SC(=S)N1c1ccc2c(c1)OCCO2. The zero-order chi connectivity index (χ0) is 19.7. The van der Waals surface area contributed by atoms with Gasteiger partial charge < -0.3 is 14.2 Å². The largest absolute Gasteiger partial charge is 0.486 e. The van der Waals surface area contributed by atoms with Gasteiger partial charge in [0.05, 0.1) is 10.6 Å². The van der Waals surface area contributed by atoms with Gasteiger partial charge >= 0.3 is 6.61 Å². The summed E-state index contributed by atoms with van der Waals surface area (Å²) in [7, 11) is 0. The van der Waals surface area contributed by atoms with Gasteiger partial charge in [-0.05, 0) is 35.9 Å². The van der Waals surface area contributed by atoms with Crippen LogP contribution in [-0.4, -0.2) is 30.1 Å². The number of fused-ring (bicyclic) bond motifs is 1. The van der Waals surface area contributed by atoms with Crippen LogP contribution in [0.5, 0.6) is 17.2 Å². The maximum atomic E-state index is 12.9. The van der Waals surface area contributed by atoms with E-state index < -0.39 is 6.61 Å². The number of anilines is 1. The summed E-state index contributed by atoms with van der Waals surface area (Å²) < 4.78 is 40.2. The number of ether oxygens (including phenoxy) is 3. The standard InChI is InChI=1S/C19H13F2NO4S2/c20-18(21)26-13-4-1-11(2-5-13)9-16-17(23)22(19(27)28-16)12-3-6-14-15(10-12)25-8-7-24-14/h1-6,9-10,18H,7-8H2/b16-9-. The lowest BCUT2D eigenvalue weighted by molar-refractivity contribution is -0.113. The zero-order valence-electron chi connectivity index (χ0n) is 14.3. The molecule has 0 bridgehead atoms. The molecule has 0 saturated carbocycles. The molecular formula is C19H13F2NO4S2. The van der Waals surface area contributed by atoms with E-state index in [0.29, 0.717) is 45.2 Å². The fourth-order valence-corrected chi connectivity index (χ4v) is 4.06. The Kier molecular flexibility index (Phi) is 5.19. The van der Waals surface area contributed by atoms with Crippen molar-refractivity contribution in [1.29, 1.82) is 0 Å². The number of carbonyl (C=O) groups is 1. The van der Waals surface area contributed by atoms with Gasteiger partial charge in [-0.2, -0.15) is 8.78 Å². The molecule has 4 rings (SSSR count). The molecule has 2 aliphatic heterocycles. The van der Waals surface area contributed by atoms with Crippen LogP contribution < -0.4 is 19.1 Å². The van der Waals surface area contributed by atoms with Crippen LogP contribution in [0, 0.1) is 0 Å². The lowest BCUT2D eigenvalue weighted by Gasteiger charge is -2.21. The molecule has 0 atom stereocenters. The molecule has 28 heavy (non-hydrogen) atoms. The lowest BCUT2D eigenvalue weighted by Crippen LogP contribution is -2.27. The average Bonchev–Trinajstić information content (AvgIpc) is 2.96. The van der Waals surface area contributed by atoms with Crippen LogP contribution >= 0.6 is 24.0 Å². The van der Waals surface area contributed by atoms with Gasteiger partial charge in [0.15, 0.2) is 15.8 Å². The first kappa shape index (κ1) is 18.7. The van der Waals surface area contributed by atoms with Crippen LogP contribution in [0.25, 0.3) is 6.08 Å². The van der Waals surface area contributed by atoms with E-state index in [1.807, 2.05) is 0 Å². The van der Waals surface area contributed by atoms with Crippen molar-refractivity contribution in [2.24, 2.45) is 0 Å². The summed E-state index contributed by atoms with van der Waals surface area (Å²) in [4.78, 5) is 14.7. The Morgan fingerprint density at radius 1 is 1.11 bits per heavy atom. The smallest absolute Gasteiger partial charge is 0.387 e. The Labute approximate surface area is 168 Å². The van der Waals surface area contributed by atoms with E-state index in [-0.39, 0.29) is 11.7 Å². The van der Waals surface area contributed by atoms with Crippen molar-refractivity contribution in [3.63, 3.8) is 0 Å². The van der Waals surface area contributed by atoms with Gasteiger partial charge in [0.2, 0.25) is 0 Å². The van der Waals surface area contributed by atoms with Crippen molar-refractivity contribution in [2.75, 3.05) is 18.1 Å². The van der Waals surface area contributed by atoms with E-state index in [1.165, 1.54) is 28.8 Å². The van der Waals surface area contributed by atoms with Gasteiger partial charge in [-0.1, -0.05) is 36.1 Å². The molecule has 1 saturated heterocycles. The van der Waals surface area contributed by atoms with Crippen LogP contribution in [0.1, 0.15) is 5.56 Å². The van der Waals surface area contributed by atoms with Crippen LogP contribution in [0.2, 0.25) is 0 Å². The summed E-state index contributed by atoms with van der Waals surface area (Å²) in [6, 6.07) is 11.2. The van der Waals surface area contributed by atoms with Crippen LogP contribution in [0.4, 0.5) is 14.5 Å². The summed E-state index contributed by atoms with van der Waals surface area (Å²) in [6.45, 7) is -1.95. The fourth-order valence-electron chi connectivity index (χ4n) is 2.76. The van der Waals surface area contributed by atoms with E-state index in [4.69, 9.17) is 21.7 Å². The third-order valence-electron chi connectivity index (χ3n) is 3.98. The van der Waals surface area contributed by atoms with Crippen LogP contribution in [0.15, 0.2) is 47.4 Å². The second-order valence-corrected chi connectivity index (χ2v) is 7.47. The molecule has 0 spiro atoms. The van der Waals surface area contributed by atoms with Gasteiger partial charge in [-0.25, -0.2) is 0 Å². The molecule has 0 radical (unpaired) electrons. The Morgan fingerprint density at radius 2 is 1.82 bits per heavy atom. The van der Waals surface area contributed by atoms with Crippen molar-refractivity contribution in [1.82, 2.24) is 0 Å². The predicted molar refractivity (Wildman–Crippen MR) is 106 cm³/mol. The first-order valence-electron chi connectivity index (χ1n) is 8.24. The highest BCUT2D eigenvalue weighted by molar-refractivity contribution is 8.27. The quantitative estimate of drug-likeness (QED) is 0.537. The molecule has 0 aliphatic carbocycles. The highest BCUT2D eigenvalue weighted by Crippen LogP contribution is 2.40. The topological polar surface area (TPSA) is 48.0 Å². The average molecular weight is 421 g/mol. The van der Waals surface area contributed by atoms with Gasteiger partial charge in [-0.3, -0.25) is 9.69 Å². The third-order valence-corrected chi connectivity index (χ3v) is 5.28. The monoisotopic (exact) mass is 421 g/mol. The third kappa shape index (κ3) is 3.81. The minimum Gasteiger partial charge on any atom is -0.486 e. The fraction of sp³-hybridized carbons (Fsp3) is 0.158. The summed E-state index contributed by atoms with van der Waals surface area (Å²) in [5.74, 6) is 0.981. The Balaban J connectivity index is 1.56. The molecule has 2 aromatic rings. The number of halogens is 2. The Hall–Kier alpha value is -2.65. The molecule has 2 aromatic carbocycles. The molecule has 2 heterocycles. The van der Waals surface area contributed by atoms with Crippen molar-refractivity contribution >= 4 is 46.0 Å². The van der Waals surface area contributed by atoms with E-state index in [0.717, 1.165) is 0 Å². The van der Waals surface area contributed by atoms with Gasteiger partial charge in [-0.15, -0.1) is 0 Å². The summed E-state index contributed by atoms with van der Waals surface area (Å²) in [6.07, 6.45) is 1.66. The number of thioether (sulfide) groups is 1. The minimum atomic E-state index is -2.88. The molecule has 0 N–H and O–H groups in total. The van der Waals surface area contributed by atoms with E-state index in [9.17, 15) is 13.6 Å². The molecule has 5 nitrogen and oxygen atoms in total. The molecular weight excluding hydrogens is 408 g/mol. The van der Waals surface area contributed by atoms with Crippen molar-refractivity contribution < 1.29 is 27.8 Å². The first-order valence-corrected chi connectivity index (χ1v) is 9.46. The van der Waals surface area contributed by atoms with Crippen molar-refractivity contribution in [2.45, 2.75) is 6.61 Å². The van der Waals surface area contributed by atoms with E-state index >= 15 is 0 Å². The molecule has 1 amide bonds. The number of rotatable bonds is 4.